The summed E-state index contributed by atoms with van der Waals surface area (Å²) in [5.41, 5.74) is 2.23. The molecule has 0 bridgehead atoms. The number of aromatic hydroxyl groups is 1. The van der Waals surface area contributed by atoms with Crippen LogP contribution in [0.3, 0.4) is 0 Å². The summed E-state index contributed by atoms with van der Waals surface area (Å²) >= 11 is 1.88. The smallest absolute Gasteiger partial charge is 0.157 e. The maximum atomic E-state index is 11.2. The van der Waals surface area contributed by atoms with Gasteiger partial charge in [-0.3, -0.25) is 14.7 Å². The van der Waals surface area contributed by atoms with Crippen molar-refractivity contribution in [3.8, 4) is 11.5 Å². The Morgan fingerprint density at radius 1 is 1.33 bits per heavy atom. The molecule has 6 nitrogen and oxygen atoms in total. The lowest BCUT2D eigenvalue weighted by atomic mass is 10.1. The Kier molecular flexibility index (Phi) is 7.09. The van der Waals surface area contributed by atoms with E-state index in [1.165, 1.54) is 6.07 Å². The topological polar surface area (TPSA) is 82.9 Å². The molecule has 2 heterocycles. The first-order valence-corrected chi connectivity index (χ1v) is 10.1. The molecule has 0 radical (unpaired) electrons. The second-order valence-corrected chi connectivity index (χ2v) is 7.55. The molecule has 144 valence electrons. The van der Waals surface area contributed by atoms with E-state index in [0.717, 1.165) is 35.9 Å². The van der Waals surface area contributed by atoms with Gasteiger partial charge in [0.15, 0.2) is 6.29 Å². The van der Waals surface area contributed by atoms with Crippen molar-refractivity contribution >= 4 is 18.0 Å². The van der Waals surface area contributed by atoms with Crippen molar-refractivity contribution in [3.63, 3.8) is 0 Å². The minimum absolute atomic E-state index is 0.0682. The number of benzene rings is 1. The number of carbonyl (C=O) groups is 1. The van der Waals surface area contributed by atoms with Gasteiger partial charge in [-0.15, -0.1) is 0 Å². The number of carbonyl (C=O) groups excluding carboxylic acids is 1. The van der Waals surface area contributed by atoms with Crippen LogP contribution >= 0.6 is 11.8 Å². The number of aliphatic hydroxyl groups excluding tert-OH is 1. The maximum absolute atomic E-state index is 11.2. The van der Waals surface area contributed by atoms with Gasteiger partial charge < -0.3 is 14.9 Å². The minimum atomic E-state index is -0.0682. The standard InChI is InChI=1S/C20H24N2O4S/c23-9-6-18-15(3-2-7-21-18)11-22-8-10-27-14-16(22)13-26-20-5-1-4-19(25)17(20)12-24/h1-5,7,12,16,23,25H,6,8-11,13-14H2/t16-/m1/s1. The third kappa shape index (κ3) is 5.00. The molecule has 1 aliphatic rings. The molecule has 1 fully saturated rings. The molecule has 0 spiro atoms. The summed E-state index contributed by atoms with van der Waals surface area (Å²) < 4.78 is 5.89. The van der Waals surface area contributed by atoms with Crippen LogP contribution in [0, 0.1) is 0 Å². The predicted octanol–water partition coefficient (Wildman–Crippen LogP) is 2.13. The monoisotopic (exact) mass is 388 g/mol. The van der Waals surface area contributed by atoms with Crippen LogP contribution in [-0.2, 0) is 13.0 Å². The van der Waals surface area contributed by atoms with Crippen LogP contribution in [-0.4, -0.2) is 63.7 Å². The number of aldehydes is 1. The molecule has 1 saturated heterocycles. The van der Waals surface area contributed by atoms with Crippen LogP contribution in [0.5, 0.6) is 11.5 Å². The molecule has 3 rings (SSSR count). The lowest BCUT2D eigenvalue weighted by molar-refractivity contribution is 0.111. The lowest BCUT2D eigenvalue weighted by Crippen LogP contribution is -2.45. The highest BCUT2D eigenvalue weighted by molar-refractivity contribution is 7.99. The number of ether oxygens (including phenoxy) is 1. The largest absolute Gasteiger partial charge is 0.507 e. The number of phenolic OH excluding ortho intramolecular Hbond substituents is 1. The van der Waals surface area contributed by atoms with E-state index in [1.807, 2.05) is 17.8 Å². The highest BCUT2D eigenvalue weighted by atomic mass is 32.2. The average Bonchev–Trinajstić information content (AvgIpc) is 2.69. The van der Waals surface area contributed by atoms with Crippen molar-refractivity contribution in [2.24, 2.45) is 0 Å². The molecule has 1 aromatic heterocycles. The number of hydrogen-bond acceptors (Lipinski definition) is 7. The molecular weight excluding hydrogens is 364 g/mol. The number of aliphatic hydroxyl groups is 1. The third-order valence-corrected chi connectivity index (χ3v) is 5.74. The van der Waals surface area contributed by atoms with E-state index in [1.54, 1.807) is 18.3 Å². The quantitative estimate of drug-likeness (QED) is 0.670. The summed E-state index contributed by atoms with van der Waals surface area (Å²) in [5, 5.41) is 19.1. The SMILES string of the molecule is O=Cc1c(O)cccc1OC[C@@H]1CSCCN1Cc1cccnc1CCO. The molecule has 2 N–H and O–H groups in total. The van der Waals surface area contributed by atoms with Crippen molar-refractivity contribution in [1.82, 2.24) is 9.88 Å². The Morgan fingerprint density at radius 2 is 2.22 bits per heavy atom. The maximum Gasteiger partial charge on any atom is 0.157 e. The highest BCUT2D eigenvalue weighted by Gasteiger charge is 2.25. The number of aromatic nitrogens is 1. The second-order valence-electron chi connectivity index (χ2n) is 6.40. The summed E-state index contributed by atoms with van der Waals surface area (Å²) in [6.45, 7) is 2.20. The molecule has 0 aliphatic carbocycles. The van der Waals surface area contributed by atoms with Gasteiger partial charge in [-0.1, -0.05) is 12.1 Å². The summed E-state index contributed by atoms with van der Waals surface area (Å²) in [7, 11) is 0. The van der Waals surface area contributed by atoms with Gasteiger partial charge >= 0.3 is 0 Å². The van der Waals surface area contributed by atoms with E-state index in [9.17, 15) is 15.0 Å². The van der Waals surface area contributed by atoms with Crippen molar-refractivity contribution in [1.29, 1.82) is 0 Å². The summed E-state index contributed by atoms with van der Waals surface area (Å²) in [4.78, 5) is 18.0. The van der Waals surface area contributed by atoms with Crippen molar-refractivity contribution in [2.75, 3.05) is 31.3 Å². The molecule has 2 aromatic rings. The first-order chi connectivity index (χ1) is 13.2. The number of pyridine rings is 1. The zero-order valence-electron chi connectivity index (χ0n) is 15.1. The number of hydrogen-bond donors (Lipinski definition) is 2. The van der Waals surface area contributed by atoms with Gasteiger partial charge in [0.25, 0.3) is 0 Å². The molecule has 1 atom stereocenters. The first-order valence-electron chi connectivity index (χ1n) is 8.98. The Labute approximate surface area is 163 Å². The number of nitrogens with zero attached hydrogens (tertiary/aromatic N) is 2. The number of phenols is 1. The van der Waals surface area contributed by atoms with Crippen LogP contribution in [0.15, 0.2) is 36.5 Å². The van der Waals surface area contributed by atoms with Gasteiger partial charge in [0.05, 0.1) is 11.6 Å². The zero-order chi connectivity index (χ0) is 19.1. The van der Waals surface area contributed by atoms with E-state index in [4.69, 9.17) is 4.74 Å². The van der Waals surface area contributed by atoms with Gasteiger partial charge in [-0.25, -0.2) is 0 Å². The Hall–Kier alpha value is -2.09. The molecule has 0 amide bonds. The van der Waals surface area contributed by atoms with Crippen LogP contribution in [0.2, 0.25) is 0 Å². The summed E-state index contributed by atoms with van der Waals surface area (Å²) in [6.07, 6.45) is 2.92. The fraction of sp³-hybridized carbons (Fsp3) is 0.400. The van der Waals surface area contributed by atoms with E-state index in [2.05, 4.69) is 16.0 Å². The van der Waals surface area contributed by atoms with Crippen LogP contribution in [0.1, 0.15) is 21.6 Å². The fourth-order valence-corrected chi connectivity index (χ4v) is 4.29. The molecule has 1 aromatic carbocycles. The summed E-state index contributed by atoms with van der Waals surface area (Å²) in [5.74, 6) is 2.33. The van der Waals surface area contributed by atoms with Crippen molar-refractivity contribution < 1.29 is 19.7 Å². The zero-order valence-corrected chi connectivity index (χ0v) is 15.9. The second kappa shape index (κ2) is 9.73. The van der Waals surface area contributed by atoms with Crippen LogP contribution in [0.4, 0.5) is 0 Å². The predicted molar refractivity (Wildman–Crippen MR) is 106 cm³/mol. The van der Waals surface area contributed by atoms with E-state index >= 15 is 0 Å². The van der Waals surface area contributed by atoms with Gasteiger partial charge in [-0.05, 0) is 23.8 Å². The van der Waals surface area contributed by atoms with Crippen molar-refractivity contribution in [2.45, 2.75) is 19.0 Å². The molecule has 7 heteroatoms. The van der Waals surface area contributed by atoms with E-state index < -0.39 is 0 Å². The third-order valence-electron chi connectivity index (χ3n) is 4.65. The Morgan fingerprint density at radius 3 is 3.04 bits per heavy atom. The molecule has 27 heavy (non-hydrogen) atoms. The Balaban J connectivity index is 1.69. The fourth-order valence-electron chi connectivity index (χ4n) is 3.18. The van der Waals surface area contributed by atoms with Crippen LogP contribution < -0.4 is 4.74 Å². The Bertz CT molecular complexity index is 771. The number of rotatable bonds is 8. The van der Waals surface area contributed by atoms with Crippen molar-refractivity contribution in [3.05, 3.63) is 53.3 Å². The molecular formula is C20H24N2O4S. The van der Waals surface area contributed by atoms with Gasteiger partial charge in [0, 0.05) is 49.5 Å². The minimum Gasteiger partial charge on any atom is -0.507 e. The van der Waals surface area contributed by atoms with E-state index in [-0.39, 0.29) is 24.0 Å². The highest BCUT2D eigenvalue weighted by Crippen LogP contribution is 2.27. The van der Waals surface area contributed by atoms with Crippen LogP contribution in [0.25, 0.3) is 0 Å². The number of thioether (sulfide) groups is 1. The molecule has 1 aliphatic heterocycles. The van der Waals surface area contributed by atoms with E-state index in [0.29, 0.717) is 25.1 Å². The first kappa shape index (κ1) is 19.7. The average molecular weight is 388 g/mol. The van der Waals surface area contributed by atoms with Gasteiger partial charge in [-0.2, -0.15) is 11.8 Å². The summed E-state index contributed by atoms with van der Waals surface area (Å²) in [6, 6.07) is 9.00. The molecule has 0 saturated carbocycles. The lowest BCUT2D eigenvalue weighted by Gasteiger charge is -2.35. The van der Waals surface area contributed by atoms with Gasteiger partial charge in [0.2, 0.25) is 0 Å². The van der Waals surface area contributed by atoms with Gasteiger partial charge in [0.1, 0.15) is 18.1 Å². The molecule has 0 unspecified atom stereocenters. The normalized spacial score (nSPS) is 17.6.